The second-order valence-electron chi connectivity index (χ2n) is 9.95. The average molecular weight is 482 g/mol. The molecule has 0 aromatic rings. The molecule has 3 fully saturated rings. The maximum Gasteiger partial charge on any atom is 0.350 e. The Morgan fingerprint density at radius 3 is 2.09 bits per heavy atom. The van der Waals surface area contributed by atoms with E-state index in [0.717, 1.165) is 5.06 Å². The Hall–Kier alpha value is -0.130. The van der Waals surface area contributed by atoms with Gasteiger partial charge < -0.3 is 37.9 Å². The van der Waals surface area contributed by atoms with E-state index >= 15 is 0 Å². The lowest BCUT2D eigenvalue weighted by atomic mass is 9.91. The Morgan fingerprint density at radius 1 is 1.03 bits per heavy atom. The van der Waals surface area contributed by atoms with E-state index in [4.69, 9.17) is 32.7 Å². The van der Waals surface area contributed by atoms with Crippen LogP contribution in [0.4, 0.5) is 0 Å². The van der Waals surface area contributed by atoms with Gasteiger partial charge >= 0.3 is 7.60 Å². The van der Waals surface area contributed by atoms with Gasteiger partial charge in [-0.15, -0.1) is 5.06 Å². The second kappa shape index (κ2) is 9.15. The Bertz CT molecular complexity index is 707. The van der Waals surface area contributed by atoms with E-state index in [0.29, 0.717) is 6.61 Å². The average Bonchev–Trinajstić information content (AvgIpc) is 3.19. The van der Waals surface area contributed by atoms with Gasteiger partial charge in [0.25, 0.3) is 0 Å². The first-order chi connectivity index (χ1) is 14.7. The Labute approximate surface area is 191 Å². The van der Waals surface area contributed by atoms with Gasteiger partial charge in [-0.3, -0.25) is 4.57 Å². The van der Waals surface area contributed by atoms with Crippen molar-refractivity contribution >= 4 is 7.60 Å². The molecule has 0 bridgehead atoms. The molecule has 32 heavy (non-hydrogen) atoms. The molecule has 11 heteroatoms. The maximum absolute atomic E-state index is 13.7. The summed E-state index contributed by atoms with van der Waals surface area (Å²) in [5.74, 6) is -2.92. The molecule has 3 heterocycles. The van der Waals surface area contributed by atoms with Gasteiger partial charge in [-0.1, -0.05) is 13.8 Å². The van der Waals surface area contributed by atoms with Crippen molar-refractivity contribution in [3.05, 3.63) is 0 Å². The number of rotatable bonds is 9. The number of hydrogen-bond acceptors (Lipinski definition) is 10. The third kappa shape index (κ3) is 4.82. The molecule has 0 aromatic carbocycles. The summed E-state index contributed by atoms with van der Waals surface area (Å²) in [4.78, 5) is 0. The molecular weight excluding hydrogens is 441 g/mol. The molecule has 0 radical (unpaired) electrons. The summed E-state index contributed by atoms with van der Waals surface area (Å²) < 4.78 is 55.4. The van der Waals surface area contributed by atoms with E-state index in [1.54, 1.807) is 13.8 Å². The quantitative estimate of drug-likeness (QED) is 0.387. The topological polar surface area (TPSA) is 105 Å². The molecule has 0 spiro atoms. The highest BCUT2D eigenvalue weighted by Gasteiger charge is 2.68. The molecule has 3 aliphatic rings. The smallest absolute Gasteiger partial charge is 0.349 e. The zero-order chi connectivity index (χ0) is 24.1. The van der Waals surface area contributed by atoms with Crippen molar-refractivity contribution in [1.29, 1.82) is 0 Å². The van der Waals surface area contributed by atoms with Crippen LogP contribution in [0.15, 0.2) is 0 Å². The highest BCUT2D eigenvalue weighted by Crippen LogP contribution is 2.58. The van der Waals surface area contributed by atoms with Gasteiger partial charge in [-0.05, 0) is 54.4 Å². The summed E-state index contributed by atoms with van der Waals surface area (Å²) in [5, 5.41) is 12.4. The summed E-state index contributed by atoms with van der Waals surface area (Å²) in [7, 11) is -3.71. The molecule has 3 rings (SSSR count). The second-order valence-corrected chi connectivity index (χ2v) is 12.1. The molecular formula is C21H40NO9P. The zero-order valence-corrected chi connectivity index (χ0v) is 21.6. The van der Waals surface area contributed by atoms with Crippen molar-refractivity contribution in [2.45, 2.75) is 110 Å². The fraction of sp³-hybridized carbons (Fsp3) is 1.00. The first-order valence-electron chi connectivity index (χ1n) is 11.4. The fourth-order valence-electron chi connectivity index (χ4n) is 4.99. The SMILES string of the molecule is CCOP(=O)(OCC)[C@@H](C(C)C)N(O)[C@H]1O[C@H]([C@H]2COC(C)(C)O2)[C@]2(C)OC(C)(C)O[C@H]12. The normalized spacial score (nSPS) is 37.4. The molecule has 3 aliphatic heterocycles. The first kappa shape index (κ1) is 26.5. The molecule has 0 amide bonds. The van der Waals surface area contributed by atoms with Gasteiger partial charge in [-0.2, -0.15) is 0 Å². The molecule has 6 atom stereocenters. The van der Waals surface area contributed by atoms with Crippen molar-refractivity contribution in [1.82, 2.24) is 5.06 Å². The Balaban J connectivity index is 1.95. The van der Waals surface area contributed by atoms with Crippen molar-refractivity contribution < 1.29 is 42.5 Å². The van der Waals surface area contributed by atoms with E-state index in [9.17, 15) is 9.77 Å². The summed E-state index contributed by atoms with van der Waals surface area (Å²) in [6.45, 7) is 17.0. The van der Waals surface area contributed by atoms with Crippen LogP contribution in [0, 0.1) is 5.92 Å². The van der Waals surface area contributed by atoms with Gasteiger partial charge in [0, 0.05) is 0 Å². The number of fused-ring (bicyclic) bond motifs is 1. The van der Waals surface area contributed by atoms with Crippen LogP contribution >= 0.6 is 7.60 Å². The van der Waals surface area contributed by atoms with E-state index in [1.165, 1.54) is 0 Å². The van der Waals surface area contributed by atoms with Crippen LogP contribution < -0.4 is 0 Å². The highest BCUT2D eigenvalue weighted by molar-refractivity contribution is 7.54. The predicted octanol–water partition coefficient (Wildman–Crippen LogP) is 3.71. The summed E-state index contributed by atoms with van der Waals surface area (Å²) in [6.07, 6.45) is -2.70. The van der Waals surface area contributed by atoms with Crippen LogP contribution in [-0.2, 0) is 37.3 Å². The molecule has 1 N–H and O–H groups in total. The summed E-state index contributed by atoms with van der Waals surface area (Å²) in [5.41, 5.74) is -0.938. The largest absolute Gasteiger partial charge is 0.350 e. The molecule has 3 saturated heterocycles. The van der Waals surface area contributed by atoms with Gasteiger partial charge in [0.1, 0.15) is 29.7 Å². The maximum atomic E-state index is 13.7. The van der Waals surface area contributed by atoms with Gasteiger partial charge in [0.05, 0.1) is 19.8 Å². The van der Waals surface area contributed by atoms with Gasteiger partial charge in [0.2, 0.25) is 0 Å². The minimum atomic E-state index is -3.71. The molecule has 188 valence electrons. The monoisotopic (exact) mass is 481 g/mol. The first-order valence-corrected chi connectivity index (χ1v) is 13.0. The molecule has 0 saturated carbocycles. The number of nitrogens with zero attached hydrogens (tertiary/aromatic N) is 1. The number of ether oxygens (including phenoxy) is 5. The van der Waals surface area contributed by atoms with Crippen LogP contribution in [0.3, 0.4) is 0 Å². The van der Waals surface area contributed by atoms with E-state index in [-0.39, 0.29) is 19.1 Å². The summed E-state index contributed by atoms with van der Waals surface area (Å²) >= 11 is 0. The van der Waals surface area contributed by atoms with Crippen LogP contribution in [0.5, 0.6) is 0 Å². The van der Waals surface area contributed by atoms with E-state index in [1.807, 2.05) is 48.5 Å². The van der Waals surface area contributed by atoms with Crippen LogP contribution in [-0.4, -0.2) is 77.6 Å². The van der Waals surface area contributed by atoms with Gasteiger partial charge in [-0.25, -0.2) is 0 Å². The molecule has 0 aromatic heterocycles. The lowest BCUT2D eigenvalue weighted by Gasteiger charge is -2.38. The zero-order valence-electron chi connectivity index (χ0n) is 20.7. The fourth-order valence-corrected chi connectivity index (χ4v) is 7.24. The van der Waals surface area contributed by atoms with Crippen LogP contribution in [0.2, 0.25) is 0 Å². The Kier molecular flexibility index (Phi) is 7.57. The van der Waals surface area contributed by atoms with Crippen molar-refractivity contribution in [3.8, 4) is 0 Å². The van der Waals surface area contributed by atoms with Crippen molar-refractivity contribution in [2.75, 3.05) is 19.8 Å². The third-order valence-corrected chi connectivity index (χ3v) is 8.71. The van der Waals surface area contributed by atoms with E-state index in [2.05, 4.69) is 0 Å². The minimum absolute atomic E-state index is 0.179. The van der Waals surface area contributed by atoms with Crippen molar-refractivity contribution in [2.24, 2.45) is 5.92 Å². The molecule has 10 nitrogen and oxygen atoms in total. The van der Waals surface area contributed by atoms with Gasteiger partial charge in [0.15, 0.2) is 17.8 Å². The molecule has 0 aliphatic carbocycles. The lowest BCUT2D eigenvalue weighted by molar-refractivity contribution is -0.283. The standard InChI is InChI=1S/C21H40NO9P/c1-10-26-32(24,27-11-2)18(13(3)4)22(23)17-16-21(9,31-20(7,8)30-16)15(28-17)14-12-25-19(5,6)29-14/h13-18,23H,10-12H2,1-9H3/t14-,15-,16-,17+,18+,21+/m1/s1. The van der Waals surface area contributed by atoms with Crippen LogP contribution in [0.1, 0.15) is 62.3 Å². The number of hydrogen-bond donors (Lipinski definition) is 1. The van der Waals surface area contributed by atoms with Crippen molar-refractivity contribution in [3.63, 3.8) is 0 Å². The minimum Gasteiger partial charge on any atom is -0.349 e. The third-order valence-electron chi connectivity index (χ3n) is 5.99. The van der Waals surface area contributed by atoms with Crippen LogP contribution in [0.25, 0.3) is 0 Å². The molecule has 0 unspecified atom stereocenters. The highest BCUT2D eigenvalue weighted by atomic mass is 31.2. The number of hydroxylamine groups is 2. The Morgan fingerprint density at radius 2 is 1.62 bits per heavy atom. The predicted molar refractivity (Wildman–Crippen MR) is 115 cm³/mol. The van der Waals surface area contributed by atoms with E-state index < -0.39 is 55.1 Å². The lowest BCUT2D eigenvalue weighted by Crippen LogP contribution is -2.52. The summed E-state index contributed by atoms with van der Waals surface area (Å²) in [6, 6.07) is 0.